The zero-order valence-electron chi connectivity index (χ0n) is 17.6. The van der Waals surface area contributed by atoms with Crippen LogP contribution in [0.25, 0.3) is 0 Å². The number of hydrogen-bond donors (Lipinski definition) is 1. The summed E-state index contributed by atoms with van der Waals surface area (Å²) < 4.78 is 5.45. The van der Waals surface area contributed by atoms with Crippen LogP contribution in [-0.4, -0.2) is 27.1 Å². The molecule has 152 valence electrons. The van der Waals surface area contributed by atoms with E-state index >= 15 is 0 Å². The number of benzene rings is 1. The molecule has 0 fully saturated rings. The first kappa shape index (κ1) is 20.8. The fourth-order valence-electron chi connectivity index (χ4n) is 3.22. The van der Waals surface area contributed by atoms with Gasteiger partial charge in [0.15, 0.2) is 11.5 Å². The maximum absolute atomic E-state index is 10.8. The molecule has 3 rings (SSSR count). The Kier molecular flexibility index (Phi) is 6.49. The summed E-state index contributed by atoms with van der Waals surface area (Å²) in [5.41, 5.74) is 3.85. The number of pyridine rings is 2. The molecule has 0 amide bonds. The number of rotatable bonds is 7. The van der Waals surface area contributed by atoms with Crippen LogP contribution in [0, 0.1) is 0 Å². The number of aromatic hydroxyl groups is 1. The maximum atomic E-state index is 10.8. The van der Waals surface area contributed by atoms with Crippen molar-refractivity contribution in [1.82, 2.24) is 14.9 Å². The number of phenols is 1. The topological polar surface area (TPSA) is 58.5 Å². The Morgan fingerprint density at radius 2 is 1.48 bits per heavy atom. The van der Waals surface area contributed by atoms with Gasteiger partial charge in [0, 0.05) is 37.6 Å². The lowest BCUT2D eigenvalue weighted by atomic mass is 9.85. The average molecular weight is 392 g/mol. The molecule has 5 heteroatoms. The predicted octanol–water partition coefficient (Wildman–Crippen LogP) is 4.69. The first-order chi connectivity index (χ1) is 13.9. The highest BCUT2D eigenvalue weighted by Crippen LogP contribution is 2.36. The summed E-state index contributed by atoms with van der Waals surface area (Å²) in [6, 6.07) is 15.8. The Bertz CT molecular complexity index is 881. The Morgan fingerprint density at radius 1 is 0.897 bits per heavy atom. The first-order valence-electron chi connectivity index (χ1n) is 9.79. The van der Waals surface area contributed by atoms with E-state index in [-0.39, 0.29) is 11.2 Å². The molecule has 1 N–H and O–H groups in total. The lowest BCUT2D eigenvalue weighted by Gasteiger charge is -2.25. The second-order valence-electron chi connectivity index (χ2n) is 8.22. The highest BCUT2D eigenvalue weighted by Gasteiger charge is 2.21. The molecule has 2 heterocycles. The Morgan fingerprint density at radius 3 is 1.93 bits per heavy atom. The molecule has 5 nitrogen and oxygen atoms in total. The van der Waals surface area contributed by atoms with Crippen molar-refractivity contribution in [3.63, 3.8) is 0 Å². The van der Waals surface area contributed by atoms with Crippen molar-refractivity contribution >= 4 is 0 Å². The summed E-state index contributed by atoms with van der Waals surface area (Å²) in [4.78, 5) is 11.2. The SMILES string of the molecule is COc1cc(C(C)(C)C)cc(CN(Cc2ccccn2)Cc2ccccn2)c1O. The van der Waals surface area contributed by atoms with Gasteiger partial charge in [-0.3, -0.25) is 14.9 Å². The molecular formula is C24H29N3O2. The molecule has 0 saturated heterocycles. The minimum Gasteiger partial charge on any atom is -0.504 e. The Hall–Kier alpha value is -2.92. The van der Waals surface area contributed by atoms with E-state index in [9.17, 15) is 5.11 Å². The molecule has 2 aromatic heterocycles. The first-order valence-corrected chi connectivity index (χ1v) is 9.79. The normalized spacial score (nSPS) is 11.6. The third-order valence-corrected chi connectivity index (χ3v) is 4.86. The lowest BCUT2D eigenvalue weighted by Crippen LogP contribution is -2.24. The van der Waals surface area contributed by atoms with E-state index in [4.69, 9.17) is 4.74 Å². The molecule has 0 aliphatic carbocycles. The molecule has 0 unspecified atom stereocenters. The van der Waals surface area contributed by atoms with Gasteiger partial charge < -0.3 is 9.84 Å². The van der Waals surface area contributed by atoms with Crippen LogP contribution in [0.3, 0.4) is 0 Å². The van der Waals surface area contributed by atoms with Crippen LogP contribution in [0.2, 0.25) is 0 Å². The van der Waals surface area contributed by atoms with Gasteiger partial charge in [-0.25, -0.2) is 0 Å². The van der Waals surface area contributed by atoms with Crippen LogP contribution in [0.4, 0.5) is 0 Å². The van der Waals surface area contributed by atoms with Gasteiger partial charge in [-0.05, 0) is 41.3 Å². The van der Waals surface area contributed by atoms with E-state index in [1.165, 1.54) is 0 Å². The van der Waals surface area contributed by atoms with E-state index in [0.29, 0.717) is 25.4 Å². The number of methoxy groups -OCH3 is 1. The number of phenolic OH excluding ortho intramolecular Hbond substituents is 1. The summed E-state index contributed by atoms with van der Waals surface area (Å²) in [7, 11) is 1.59. The molecule has 1 aromatic carbocycles. The van der Waals surface area contributed by atoms with Crippen molar-refractivity contribution in [2.45, 2.75) is 45.8 Å². The van der Waals surface area contributed by atoms with Crippen molar-refractivity contribution in [2.24, 2.45) is 0 Å². The monoisotopic (exact) mass is 391 g/mol. The zero-order chi connectivity index (χ0) is 20.9. The second-order valence-corrected chi connectivity index (χ2v) is 8.22. The standard InChI is InChI=1S/C24H29N3O2/c1-24(2,3)19-13-18(23(28)22(14-19)29-4)15-27(16-20-9-5-7-11-25-20)17-21-10-6-8-12-26-21/h5-14,28H,15-17H2,1-4H3. The Balaban J connectivity index is 1.94. The van der Waals surface area contributed by atoms with E-state index in [1.54, 1.807) is 19.5 Å². The molecule has 0 atom stereocenters. The number of aromatic nitrogens is 2. The van der Waals surface area contributed by atoms with Crippen LogP contribution in [-0.2, 0) is 25.0 Å². The maximum Gasteiger partial charge on any atom is 0.162 e. The summed E-state index contributed by atoms with van der Waals surface area (Å²) in [5.74, 6) is 0.690. The van der Waals surface area contributed by atoms with Crippen molar-refractivity contribution in [3.05, 3.63) is 83.4 Å². The third kappa shape index (κ3) is 5.55. The lowest BCUT2D eigenvalue weighted by molar-refractivity contribution is 0.237. The molecular weight excluding hydrogens is 362 g/mol. The van der Waals surface area contributed by atoms with E-state index < -0.39 is 0 Å². The molecule has 29 heavy (non-hydrogen) atoms. The van der Waals surface area contributed by atoms with E-state index in [2.05, 4.69) is 41.7 Å². The predicted molar refractivity (Wildman–Crippen MR) is 115 cm³/mol. The zero-order valence-corrected chi connectivity index (χ0v) is 17.6. The van der Waals surface area contributed by atoms with Gasteiger partial charge >= 0.3 is 0 Å². The summed E-state index contributed by atoms with van der Waals surface area (Å²) in [5, 5.41) is 10.8. The summed E-state index contributed by atoms with van der Waals surface area (Å²) in [6.07, 6.45) is 3.60. The molecule has 0 radical (unpaired) electrons. The summed E-state index contributed by atoms with van der Waals surface area (Å²) in [6.45, 7) is 8.32. The minimum atomic E-state index is -0.0530. The Labute approximate surface area is 173 Å². The van der Waals surface area contributed by atoms with Crippen LogP contribution < -0.4 is 4.74 Å². The van der Waals surface area contributed by atoms with Crippen molar-refractivity contribution in [1.29, 1.82) is 0 Å². The second kappa shape index (κ2) is 9.05. The minimum absolute atomic E-state index is 0.0530. The third-order valence-electron chi connectivity index (χ3n) is 4.86. The van der Waals surface area contributed by atoms with Gasteiger partial charge in [-0.1, -0.05) is 39.0 Å². The van der Waals surface area contributed by atoms with Gasteiger partial charge in [-0.15, -0.1) is 0 Å². The molecule has 0 aliphatic rings. The van der Waals surface area contributed by atoms with Crippen LogP contribution in [0.5, 0.6) is 11.5 Å². The fraction of sp³-hybridized carbons (Fsp3) is 0.333. The molecule has 0 bridgehead atoms. The van der Waals surface area contributed by atoms with Gasteiger partial charge in [0.1, 0.15) is 0 Å². The van der Waals surface area contributed by atoms with Crippen LogP contribution in [0.1, 0.15) is 43.3 Å². The van der Waals surface area contributed by atoms with Gasteiger partial charge in [0.25, 0.3) is 0 Å². The highest BCUT2D eigenvalue weighted by atomic mass is 16.5. The molecule has 0 aliphatic heterocycles. The number of hydrogen-bond acceptors (Lipinski definition) is 5. The largest absolute Gasteiger partial charge is 0.504 e. The quantitative estimate of drug-likeness (QED) is 0.633. The van der Waals surface area contributed by atoms with Gasteiger partial charge in [0.05, 0.1) is 18.5 Å². The summed E-state index contributed by atoms with van der Waals surface area (Å²) >= 11 is 0. The van der Waals surface area contributed by atoms with Crippen molar-refractivity contribution in [3.8, 4) is 11.5 Å². The molecule has 0 spiro atoms. The highest BCUT2D eigenvalue weighted by molar-refractivity contribution is 5.50. The van der Waals surface area contributed by atoms with Gasteiger partial charge in [-0.2, -0.15) is 0 Å². The van der Waals surface area contributed by atoms with Crippen molar-refractivity contribution in [2.75, 3.05) is 7.11 Å². The average Bonchev–Trinajstić information content (AvgIpc) is 2.70. The van der Waals surface area contributed by atoms with E-state index in [1.807, 2.05) is 42.5 Å². The molecule has 0 saturated carbocycles. The molecule has 3 aromatic rings. The smallest absolute Gasteiger partial charge is 0.162 e. The van der Waals surface area contributed by atoms with Crippen LogP contribution >= 0.6 is 0 Å². The van der Waals surface area contributed by atoms with E-state index in [0.717, 1.165) is 22.5 Å². The number of nitrogens with zero attached hydrogens (tertiary/aromatic N) is 3. The number of ether oxygens (including phenoxy) is 1. The van der Waals surface area contributed by atoms with Crippen molar-refractivity contribution < 1.29 is 9.84 Å². The van der Waals surface area contributed by atoms with Crippen LogP contribution in [0.15, 0.2) is 60.9 Å². The van der Waals surface area contributed by atoms with Gasteiger partial charge in [0.2, 0.25) is 0 Å². The fourth-order valence-corrected chi connectivity index (χ4v) is 3.22.